The van der Waals surface area contributed by atoms with Crippen LogP contribution in [-0.2, 0) is 78.9 Å². The average molecular weight is 1550 g/mol. The molecule has 0 radical (unpaired) electrons. The number of hydrogen-bond donors (Lipinski definition) is 11. The summed E-state index contributed by atoms with van der Waals surface area (Å²) in [7, 11) is -10.6. The molecule has 1 aromatic rings. The van der Waals surface area contributed by atoms with Crippen molar-refractivity contribution in [2.24, 2.45) is 64.9 Å². The quantitative estimate of drug-likeness (QED) is 0.0125. The number of aliphatic hydroxyl groups excluding tert-OH is 2. The lowest BCUT2D eigenvalue weighted by molar-refractivity contribution is -0.144. The van der Waals surface area contributed by atoms with E-state index in [4.69, 9.17) is 88.2 Å². The van der Waals surface area contributed by atoms with E-state index in [-0.39, 0.29) is 37.1 Å². The molecule has 622 valence electrons. The van der Waals surface area contributed by atoms with Crippen LogP contribution in [0.1, 0.15) is 241 Å². The lowest BCUT2D eigenvalue weighted by atomic mass is 10.00. The van der Waals surface area contributed by atoms with Gasteiger partial charge < -0.3 is 93.3 Å². The zero-order chi connectivity index (χ0) is 81.3. The molecule has 1 rings (SSSR count). The van der Waals surface area contributed by atoms with Gasteiger partial charge in [-0.1, -0.05) is 177 Å². The Hall–Kier alpha value is -2.47. The third-order valence-electron chi connectivity index (χ3n) is 13.6. The first-order valence-corrected chi connectivity index (χ1v) is 41.8. The number of carbonyl (C=O) groups excluding carboxylic acids is 1. The maximum absolute atomic E-state index is 10.9. The van der Waals surface area contributed by atoms with E-state index in [1.165, 1.54) is 37.8 Å². The monoisotopic (exact) mass is 1550 g/mol. The van der Waals surface area contributed by atoms with E-state index in [9.17, 15) is 32.8 Å². The van der Waals surface area contributed by atoms with Crippen LogP contribution in [0.25, 0.3) is 0 Å². The number of aromatic nitrogens is 1. The van der Waals surface area contributed by atoms with Crippen molar-refractivity contribution in [1.82, 2.24) is 4.98 Å². The second kappa shape index (κ2) is 80.5. The van der Waals surface area contributed by atoms with Gasteiger partial charge in [-0.15, -0.1) is 0 Å². The molecule has 0 fully saturated rings. The number of nitrogens with zero attached hydrogens (tertiary/aromatic N) is 1. The number of aryl methyl sites for hydroxylation is 1. The Morgan fingerprint density at radius 2 is 0.913 bits per heavy atom. The first kappa shape index (κ1) is 116. The van der Waals surface area contributed by atoms with Crippen molar-refractivity contribution in [2.75, 3.05) is 118 Å². The number of unbranched alkanes of at least 4 members (excludes halogenated alkanes) is 2. The van der Waals surface area contributed by atoms with Gasteiger partial charge >= 0.3 is 33.1 Å². The standard InChI is InChI=1S/C19H41NO7.C10H15N.C8H18.C7H18O7P2.C7H14O3.C7H14O2.C6H14O.C5H12O2S.C5H10O2/c1-19(2)3-5-21-7-9-23-11-13-25-15-17-27-18-16-26-14-12-24-10-8-22-6-4-20;1-9(2)6-7-10-5-3-4-8-11-10;1-4-5-6-7-8(2)3;1-6(2)4-3-5-7(8,15(9,10)11)16(12,13)14;1-5(2)3-6(8)4-7(9)10;1-4-9-7(8)5-6(2)3;1-5(2)6(3)4-7;1-5(2)3-4-8(6)7;1-4(2)3-5(6)7/h19H,3-18,20H2,1-2H3;3-5,8-9H,6-7H2,1-2H3;8H,4-7H2,1-3H3;6,8H,3-5H2,1-2H3,(H2,9,10,11)(H2,12,13,14);5-6,8H,3-4H2,1-2H3,(H,9,10);6H,4-5H2,1-3H3;5-7H,4H2,1-3H3;5H,3-4H2,1-2H3,(H,6,7);4H,3H2,1-2H3,(H,6,7)/t;;;;;;6-;;/m......1../s1. The molecule has 29 heteroatoms. The van der Waals surface area contributed by atoms with Crippen LogP contribution in [0.3, 0.4) is 0 Å². The summed E-state index contributed by atoms with van der Waals surface area (Å²) in [6.45, 7) is 52.8. The summed E-state index contributed by atoms with van der Waals surface area (Å²) in [5.74, 6) is 3.90. The summed E-state index contributed by atoms with van der Waals surface area (Å²) in [5, 5.41) is 40.1. The van der Waals surface area contributed by atoms with Gasteiger partial charge in [0.1, 0.15) is 0 Å². The van der Waals surface area contributed by atoms with Gasteiger partial charge in [0.25, 0.3) is 5.08 Å². The Bertz CT molecular complexity index is 2050. The summed E-state index contributed by atoms with van der Waals surface area (Å²) < 4.78 is 82.5. The molecule has 1 heterocycles. The van der Waals surface area contributed by atoms with E-state index in [0.717, 1.165) is 37.7 Å². The zero-order valence-electron chi connectivity index (χ0n) is 68.0. The zero-order valence-corrected chi connectivity index (χ0v) is 70.6. The SMILES string of the molecule is CC(C)CC(=O)O.CC(C)CC(O)CC(=O)O.CC(C)CCCC(O)(P(=O)(O)O)P(=O)(O)O.CC(C)CCOCCOCCOCCOCCOCCOCCOCCN.CC(C)CCS(=O)O.CC(C)CCc1ccccn1.CC(C)[C@H](C)CO.CCCCCC(C)C.CCOC(=O)CC(C)C. The Morgan fingerprint density at radius 3 is 1.17 bits per heavy atom. The number of rotatable bonds is 50. The summed E-state index contributed by atoms with van der Waals surface area (Å²) >= 11 is -1.59. The van der Waals surface area contributed by atoms with Crippen molar-refractivity contribution < 1.29 is 115 Å². The van der Waals surface area contributed by atoms with Crippen LogP contribution in [0.5, 0.6) is 0 Å². The third kappa shape index (κ3) is 106. The first-order valence-electron chi connectivity index (χ1n) is 37.3. The van der Waals surface area contributed by atoms with Crippen molar-refractivity contribution in [2.45, 2.75) is 253 Å². The lowest BCUT2D eigenvalue weighted by Crippen LogP contribution is -2.28. The molecule has 12 N–H and O–H groups in total. The van der Waals surface area contributed by atoms with Crippen LogP contribution in [0.15, 0.2) is 24.4 Å². The fraction of sp³-hybridized carbons (Fsp3) is 0.892. The first-order chi connectivity index (χ1) is 47.9. The maximum Gasteiger partial charge on any atom is 0.369 e. The van der Waals surface area contributed by atoms with Crippen molar-refractivity contribution in [1.29, 1.82) is 0 Å². The molecule has 0 bridgehead atoms. The highest BCUT2D eigenvalue weighted by Gasteiger charge is 2.58. The minimum absolute atomic E-state index is 0.0903. The molecule has 103 heavy (non-hydrogen) atoms. The number of ether oxygens (including phenoxy) is 8. The fourth-order valence-corrected chi connectivity index (χ4v) is 10.0. The van der Waals surface area contributed by atoms with Gasteiger partial charge in [0, 0.05) is 50.2 Å². The molecule has 0 saturated carbocycles. The Kier molecular flexibility index (Phi) is 91.0. The number of nitrogens with two attached hydrogens (primary N) is 1. The van der Waals surface area contributed by atoms with Gasteiger partial charge in [-0.2, -0.15) is 0 Å². The number of carbonyl (C=O) groups is 3. The minimum Gasteiger partial charge on any atom is -0.481 e. The molecule has 0 spiro atoms. The predicted molar refractivity (Wildman–Crippen MR) is 415 cm³/mol. The second-order valence-electron chi connectivity index (χ2n) is 28.4. The molecule has 1 aromatic heterocycles. The highest BCUT2D eigenvalue weighted by Crippen LogP contribution is 2.69. The van der Waals surface area contributed by atoms with Crippen molar-refractivity contribution >= 4 is 44.2 Å². The van der Waals surface area contributed by atoms with Gasteiger partial charge in [0.15, 0.2) is 11.1 Å². The van der Waals surface area contributed by atoms with Crippen LogP contribution in [0, 0.1) is 59.2 Å². The highest BCUT2D eigenvalue weighted by atomic mass is 32.2. The summed E-state index contributed by atoms with van der Waals surface area (Å²) in [4.78, 5) is 69.9. The summed E-state index contributed by atoms with van der Waals surface area (Å²) in [6, 6.07) is 6.09. The molecule has 2 unspecified atom stereocenters. The molecule has 0 saturated heterocycles. The number of esters is 1. The molecular weight excluding hydrogens is 1390 g/mol. The summed E-state index contributed by atoms with van der Waals surface area (Å²) in [6.07, 6.45) is 12.3. The van der Waals surface area contributed by atoms with E-state index < -0.39 is 55.8 Å². The van der Waals surface area contributed by atoms with Crippen molar-refractivity contribution in [3.63, 3.8) is 0 Å². The molecule has 0 amide bonds. The Balaban J connectivity index is -0.000000172. The number of hydrogen-bond acceptors (Lipinski definition) is 19. The van der Waals surface area contributed by atoms with Crippen LogP contribution in [-0.4, -0.2) is 206 Å². The number of aliphatic carboxylic acids is 2. The van der Waals surface area contributed by atoms with E-state index in [1.807, 2.05) is 101 Å². The molecule has 0 aliphatic rings. The lowest BCUT2D eigenvalue weighted by Gasteiger charge is -2.29. The molecule has 26 nitrogen and oxygen atoms in total. The smallest absolute Gasteiger partial charge is 0.369 e. The van der Waals surface area contributed by atoms with Gasteiger partial charge in [-0.05, 0) is 123 Å². The molecule has 0 aliphatic carbocycles. The molecular formula is C74H156N2O24P2S. The van der Waals surface area contributed by atoms with Gasteiger partial charge in [-0.3, -0.25) is 28.5 Å². The largest absolute Gasteiger partial charge is 0.481 e. The van der Waals surface area contributed by atoms with E-state index in [2.05, 4.69) is 73.4 Å². The minimum atomic E-state index is -5.28. The fourth-order valence-electron chi connectivity index (χ4n) is 7.10. The van der Waals surface area contributed by atoms with Gasteiger partial charge in [0.05, 0.1) is 105 Å². The van der Waals surface area contributed by atoms with Crippen LogP contribution in [0.4, 0.5) is 0 Å². The van der Waals surface area contributed by atoms with E-state index in [0.29, 0.717) is 166 Å². The molecule has 3 atom stereocenters. The topological polar surface area (TPSA) is 417 Å². The number of carboxylic acids is 2. The normalized spacial score (nSPS) is 12.2. The predicted octanol–water partition coefficient (Wildman–Crippen LogP) is 13.9. The van der Waals surface area contributed by atoms with E-state index in [1.54, 1.807) is 0 Å². The van der Waals surface area contributed by atoms with E-state index >= 15 is 0 Å². The van der Waals surface area contributed by atoms with Crippen molar-refractivity contribution in [3.8, 4) is 0 Å². The molecule has 0 aromatic carbocycles. The second-order valence-corrected chi connectivity index (χ2v) is 33.5. The van der Waals surface area contributed by atoms with Crippen LogP contribution in [0.2, 0.25) is 0 Å². The van der Waals surface area contributed by atoms with Gasteiger partial charge in [0.2, 0.25) is 0 Å². The Morgan fingerprint density at radius 1 is 0.524 bits per heavy atom. The highest BCUT2D eigenvalue weighted by molar-refractivity contribution is 7.79. The van der Waals surface area contributed by atoms with Crippen molar-refractivity contribution in [3.05, 3.63) is 30.1 Å². The maximum atomic E-state index is 10.9. The number of carboxylic acid groups (broad SMARTS) is 2. The third-order valence-corrected chi connectivity index (χ3v) is 18.0. The van der Waals surface area contributed by atoms with Crippen LogP contribution >= 0.6 is 15.2 Å². The number of aliphatic hydroxyl groups is 3. The summed E-state index contributed by atoms with van der Waals surface area (Å²) in [5.41, 5.74) is 6.51. The number of pyridine rings is 1. The van der Waals surface area contributed by atoms with Crippen LogP contribution < -0.4 is 5.73 Å². The molecule has 0 aliphatic heterocycles. The Labute approximate surface area is 627 Å². The average Bonchev–Trinajstić information content (AvgIpc) is 0.778. The van der Waals surface area contributed by atoms with Gasteiger partial charge in [-0.25, -0.2) is 4.21 Å².